The molecule has 0 heterocycles. The van der Waals surface area contributed by atoms with Crippen molar-refractivity contribution in [1.29, 1.82) is 0 Å². The molecule has 2 rings (SSSR count). The van der Waals surface area contributed by atoms with Gasteiger partial charge in [0, 0.05) is 18.8 Å². The van der Waals surface area contributed by atoms with Crippen molar-refractivity contribution >= 4 is 5.97 Å². The summed E-state index contributed by atoms with van der Waals surface area (Å²) in [5.74, 6) is -1.22. The number of ether oxygens (including phenoxy) is 1. The number of rotatable bonds is 11. The first-order chi connectivity index (χ1) is 13.9. The minimum Gasteiger partial charge on any atom is -0.491 e. The summed E-state index contributed by atoms with van der Waals surface area (Å²) < 4.78 is 18.3. The van der Waals surface area contributed by atoms with E-state index in [1.807, 2.05) is 12.2 Å². The Bertz CT molecular complexity index is 687. The summed E-state index contributed by atoms with van der Waals surface area (Å²) in [5, 5.41) is 39.2. The number of carboxylic acid groups (broad SMARTS) is 1. The van der Waals surface area contributed by atoms with Crippen LogP contribution in [0.5, 0.6) is 5.75 Å². The van der Waals surface area contributed by atoms with Gasteiger partial charge in [-0.25, -0.2) is 4.39 Å². The van der Waals surface area contributed by atoms with Gasteiger partial charge in [-0.3, -0.25) is 4.79 Å². The van der Waals surface area contributed by atoms with Crippen molar-refractivity contribution in [1.82, 2.24) is 0 Å². The predicted molar refractivity (Wildman–Crippen MR) is 106 cm³/mol. The number of hydrogen-bond acceptors (Lipinski definition) is 5. The van der Waals surface area contributed by atoms with E-state index in [2.05, 4.69) is 0 Å². The Morgan fingerprint density at radius 1 is 1.21 bits per heavy atom. The number of carbonyl (C=O) groups is 1. The average molecular weight is 408 g/mol. The molecule has 4 N–H and O–H groups in total. The molecule has 0 bridgehead atoms. The Morgan fingerprint density at radius 2 is 1.93 bits per heavy atom. The van der Waals surface area contributed by atoms with E-state index in [4.69, 9.17) is 9.84 Å². The summed E-state index contributed by atoms with van der Waals surface area (Å²) in [6.07, 6.45) is 6.97. The molecule has 1 saturated carbocycles. The average Bonchev–Trinajstić information content (AvgIpc) is 2.94. The number of aliphatic hydroxyl groups excluding tert-OH is 3. The molecule has 0 aliphatic heterocycles. The number of allylic oxidation sites excluding steroid dienone is 2. The molecule has 29 heavy (non-hydrogen) atoms. The van der Waals surface area contributed by atoms with Crippen LogP contribution in [0.4, 0.5) is 4.39 Å². The first-order valence-corrected chi connectivity index (χ1v) is 9.84. The third kappa shape index (κ3) is 7.97. The van der Waals surface area contributed by atoms with Crippen LogP contribution in [0.25, 0.3) is 0 Å². The van der Waals surface area contributed by atoms with Crippen LogP contribution in [0.2, 0.25) is 0 Å². The number of carboxylic acids is 1. The SMILES string of the molecule is O=C(O)CCC/C=C\C[C@@H]1[C@@H](/C=C/C(O)COc2ccc(F)cc2)[C@H](O)C[C@@H]1O. The molecule has 1 aliphatic rings. The van der Waals surface area contributed by atoms with Crippen molar-refractivity contribution in [3.63, 3.8) is 0 Å². The van der Waals surface area contributed by atoms with Gasteiger partial charge >= 0.3 is 5.97 Å². The third-order valence-electron chi connectivity index (χ3n) is 5.04. The molecule has 0 amide bonds. The zero-order valence-corrected chi connectivity index (χ0v) is 16.2. The number of aliphatic carboxylic acids is 1. The zero-order chi connectivity index (χ0) is 21.2. The van der Waals surface area contributed by atoms with Crippen molar-refractivity contribution in [2.45, 2.75) is 50.4 Å². The standard InChI is InChI=1S/C22H29FO6/c23-15-7-10-17(11-8-15)29-14-16(24)9-12-19-18(20(25)13-21(19)26)5-3-1-2-4-6-22(27)28/h1,3,7-12,16,18-21,24-26H,2,4-6,13-14H2,(H,27,28)/b3-1-,12-9+/t16?,18-,19-,20+,21-/m1/s1. The van der Waals surface area contributed by atoms with Crippen LogP contribution in [-0.4, -0.2) is 51.3 Å². The van der Waals surface area contributed by atoms with E-state index in [0.29, 0.717) is 25.0 Å². The van der Waals surface area contributed by atoms with Gasteiger partial charge in [0.25, 0.3) is 0 Å². The van der Waals surface area contributed by atoms with Crippen LogP contribution < -0.4 is 4.74 Å². The van der Waals surface area contributed by atoms with Crippen molar-refractivity contribution in [2.24, 2.45) is 11.8 Å². The molecule has 1 unspecified atom stereocenters. The van der Waals surface area contributed by atoms with Gasteiger partial charge in [0.05, 0.1) is 12.2 Å². The largest absolute Gasteiger partial charge is 0.491 e. The van der Waals surface area contributed by atoms with Crippen molar-refractivity contribution in [2.75, 3.05) is 6.61 Å². The lowest BCUT2D eigenvalue weighted by molar-refractivity contribution is -0.137. The molecule has 160 valence electrons. The highest BCUT2D eigenvalue weighted by Gasteiger charge is 2.39. The normalized spacial score (nSPS) is 25.7. The number of benzene rings is 1. The fraction of sp³-hybridized carbons (Fsp3) is 0.500. The fourth-order valence-corrected chi connectivity index (χ4v) is 3.47. The number of unbranched alkanes of at least 4 members (excludes halogenated alkanes) is 1. The van der Waals surface area contributed by atoms with Crippen molar-refractivity contribution in [3.8, 4) is 5.75 Å². The summed E-state index contributed by atoms with van der Waals surface area (Å²) in [6.45, 7) is -0.0123. The van der Waals surface area contributed by atoms with Gasteiger partial charge in [0.15, 0.2) is 0 Å². The van der Waals surface area contributed by atoms with Crippen molar-refractivity contribution in [3.05, 3.63) is 54.4 Å². The predicted octanol–water partition coefficient (Wildman–Crippen LogP) is 2.68. The van der Waals surface area contributed by atoms with Crippen LogP contribution in [-0.2, 0) is 4.79 Å². The van der Waals surface area contributed by atoms with E-state index in [0.717, 1.165) is 0 Å². The third-order valence-corrected chi connectivity index (χ3v) is 5.04. The topological polar surface area (TPSA) is 107 Å². The van der Waals surface area contributed by atoms with Gasteiger partial charge in [-0.1, -0.05) is 24.3 Å². The van der Waals surface area contributed by atoms with Crippen molar-refractivity contribution < 1.29 is 34.3 Å². The van der Waals surface area contributed by atoms with Gasteiger partial charge < -0.3 is 25.2 Å². The molecule has 0 aromatic heterocycles. The number of aliphatic hydroxyl groups is 3. The van der Waals surface area contributed by atoms with Gasteiger partial charge in [0.1, 0.15) is 24.3 Å². The lowest BCUT2D eigenvalue weighted by atomic mass is 9.89. The molecule has 7 heteroatoms. The first kappa shape index (κ1) is 23.1. The highest BCUT2D eigenvalue weighted by molar-refractivity contribution is 5.66. The molecule has 1 aliphatic carbocycles. The molecular formula is C22H29FO6. The van der Waals surface area contributed by atoms with E-state index in [1.54, 1.807) is 12.2 Å². The van der Waals surface area contributed by atoms with E-state index in [-0.39, 0.29) is 37.1 Å². The molecule has 0 spiro atoms. The Balaban J connectivity index is 1.82. The summed E-state index contributed by atoms with van der Waals surface area (Å²) in [4.78, 5) is 10.5. The maximum Gasteiger partial charge on any atom is 0.303 e. The molecule has 0 radical (unpaired) electrons. The Labute approximate surface area is 170 Å². The quantitative estimate of drug-likeness (QED) is 0.331. The van der Waals surface area contributed by atoms with Crippen LogP contribution in [0.3, 0.4) is 0 Å². The van der Waals surface area contributed by atoms with Gasteiger partial charge in [-0.15, -0.1) is 0 Å². The van der Waals surface area contributed by atoms with Crippen LogP contribution >= 0.6 is 0 Å². The lowest BCUT2D eigenvalue weighted by Gasteiger charge is -2.19. The molecule has 1 fully saturated rings. The fourth-order valence-electron chi connectivity index (χ4n) is 3.47. The second-order valence-corrected chi connectivity index (χ2v) is 7.32. The Hall–Kier alpha value is -2.22. The maximum atomic E-state index is 12.9. The van der Waals surface area contributed by atoms with E-state index >= 15 is 0 Å². The minimum atomic E-state index is -0.905. The summed E-state index contributed by atoms with van der Waals surface area (Å²) >= 11 is 0. The van der Waals surface area contributed by atoms with Gasteiger partial charge in [-0.05, 0) is 49.4 Å². The van der Waals surface area contributed by atoms with E-state index < -0.39 is 24.3 Å². The van der Waals surface area contributed by atoms with Crippen LogP contribution in [0.1, 0.15) is 32.1 Å². The van der Waals surface area contributed by atoms with E-state index in [9.17, 15) is 24.5 Å². The lowest BCUT2D eigenvalue weighted by Crippen LogP contribution is -2.21. The molecule has 5 atom stereocenters. The second-order valence-electron chi connectivity index (χ2n) is 7.32. The molecule has 1 aromatic carbocycles. The molecule has 6 nitrogen and oxygen atoms in total. The molecular weight excluding hydrogens is 379 g/mol. The number of halogens is 1. The van der Waals surface area contributed by atoms with Crippen LogP contribution in [0, 0.1) is 17.7 Å². The zero-order valence-electron chi connectivity index (χ0n) is 16.2. The van der Waals surface area contributed by atoms with Gasteiger partial charge in [-0.2, -0.15) is 0 Å². The smallest absolute Gasteiger partial charge is 0.303 e. The summed E-state index contributed by atoms with van der Waals surface area (Å²) in [7, 11) is 0. The summed E-state index contributed by atoms with van der Waals surface area (Å²) in [5.41, 5.74) is 0. The summed E-state index contributed by atoms with van der Waals surface area (Å²) in [6, 6.07) is 5.49. The minimum absolute atomic E-state index is 0.0123. The maximum absolute atomic E-state index is 12.9. The van der Waals surface area contributed by atoms with E-state index in [1.165, 1.54) is 24.3 Å². The second kappa shape index (κ2) is 11.7. The Morgan fingerprint density at radius 3 is 2.62 bits per heavy atom. The highest BCUT2D eigenvalue weighted by Crippen LogP contribution is 2.36. The highest BCUT2D eigenvalue weighted by atomic mass is 19.1. The Kier molecular flexibility index (Phi) is 9.31. The number of hydrogen-bond donors (Lipinski definition) is 4. The van der Waals surface area contributed by atoms with Gasteiger partial charge in [0.2, 0.25) is 0 Å². The monoisotopic (exact) mass is 408 g/mol. The molecule has 0 saturated heterocycles. The molecule has 1 aromatic rings. The van der Waals surface area contributed by atoms with Crippen LogP contribution in [0.15, 0.2) is 48.6 Å². The first-order valence-electron chi connectivity index (χ1n) is 9.84.